The van der Waals surface area contributed by atoms with Crippen molar-refractivity contribution in [2.75, 3.05) is 38.2 Å². The monoisotopic (exact) mass is 425 g/mol. The normalized spacial score (nSPS) is 19.1. The summed E-state index contributed by atoms with van der Waals surface area (Å²) in [6.07, 6.45) is 2.22. The van der Waals surface area contributed by atoms with Crippen LogP contribution in [0.15, 0.2) is 5.38 Å². The van der Waals surface area contributed by atoms with Crippen LogP contribution in [0.2, 0.25) is 0 Å². The molecular formula is C21H33N2O5S+. The molecule has 0 aromatic carbocycles. The molecule has 1 fully saturated rings. The highest BCUT2D eigenvalue weighted by Gasteiger charge is 2.30. The second kappa shape index (κ2) is 11.3. The quantitative estimate of drug-likeness (QED) is 0.591. The van der Waals surface area contributed by atoms with E-state index < -0.39 is 0 Å². The molecule has 1 saturated heterocycles. The molecule has 0 atom stereocenters. The average molecular weight is 426 g/mol. The van der Waals surface area contributed by atoms with Crippen molar-refractivity contribution in [1.29, 1.82) is 0 Å². The molecule has 2 heterocycles. The topological polar surface area (TPSA) is 86.1 Å². The van der Waals surface area contributed by atoms with Gasteiger partial charge in [-0.05, 0) is 37.1 Å². The molecule has 0 radical (unpaired) electrons. The predicted octanol–water partition coefficient (Wildman–Crippen LogP) is 1.92. The van der Waals surface area contributed by atoms with Gasteiger partial charge < -0.3 is 19.7 Å². The van der Waals surface area contributed by atoms with Crippen LogP contribution in [0.4, 0.5) is 5.00 Å². The highest BCUT2D eigenvalue weighted by molar-refractivity contribution is 7.15. The van der Waals surface area contributed by atoms with Crippen LogP contribution in [0.1, 0.15) is 56.5 Å². The van der Waals surface area contributed by atoms with Crippen LogP contribution in [0, 0.1) is 11.8 Å². The molecule has 0 bridgehead atoms. The lowest BCUT2D eigenvalue weighted by Gasteiger charge is -2.27. The molecule has 29 heavy (non-hydrogen) atoms. The lowest BCUT2D eigenvalue weighted by Crippen LogP contribution is -3.14. The van der Waals surface area contributed by atoms with Gasteiger partial charge in [0.15, 0.2) is 6.54 Å². The third-order valence-electron chi connectivity index (χ3n) is 4.95. The number of thiophene rings is 1. The maximum atomic E-state index is 12.6. The first-order valence-corrected chi connectivity index (χ1v) is 11.3. The molecule has 0 unspecified atom stereocenters. The average Bonchev–Trinajstić information content (AvgIpc) is 3.04. The number of nitrogens with one attached hydrogen (secondary N) is 2. The molecule has 2 N–H and O–H groups in total. The van der Waals surface area contributed by atoms with E-state index in [1.54, 1.807) is 6.92 Å². The van der Waals surface area contributed by atoms with E-state index in [0.29, 0.717) is 36.2 Å². The number of hydrogen-bond donors (Lipinski definition) is 2. The van der Waals surface area contributed by atoms with Gasteiger partial charge in [0.1, 0.15) is 5.00 Å². The SMILES string of the molecule is CCOC(=O)c1c(CC(C)C)csc1NC(=O)C[NH+]1CCC(C(=O)OCC)CC1. The molecule has 0 saturated carbocycles. The number of carbonyl (C=O) groups is 3. The molecular weight excluding hydrogens is 392 g/mol. The third-order valence-corrected chi connectivity index (χ3v) is 5.90. The molecule has 0 aliphatic carbocycles. The van der Waals surface area contributed by atoms with Gasteiger partial charge in [0.05, 0.1) is 37.8 Å². The Morgan fingerprint density at radius 3 is 2.41 bits per heavy atom. The number of esters is 2. The van der Waals surface area contributed by atoms with Gasteiger partial charge in [0, 0.05) is 12.8 Å². The van der Waals surface area contributed by atoms with Gasteiger partial charge in [-0.1, -0.05) is 13.8 Å². The Morgan fingerprint density at radius 2 is 1.83 bits per heavy atom. The van der Waals surface area contributed by atoms with Gasteiger partial charge in [-0.25, -0.2) is 4.79 Å². The van der Waals surface area contributed by atoms with Crippen LogP contribution in [0.25, 0.3) is 0 Å². The number of carbonyl (C=O) groups excluding carboxylic acids is 3. The number of anilines is 1. The van der Waals surface area contributed by atoms with Crippen molar-refractivity contribution >= 4 is 34.2 Å². The summed E-state index contributed by atoms with van der Waals surface area (Å²) in [5.74, 6) is -0.314. The second-order valence-corrected chi connectivity index (χ2v) is 8.66. The van der Waals surface area contributed by atoms with E-state index in [1.165, 1.54) is 11.3 Å². The fourth-order valence-corrected chi connectivity index (χ4v) is 4.58. The molecule has 7 nitrogen and oxygen atoms in total. The second-order valence-electron chi connectivity index (χ2n) is 7.78. The van der Waals surface area contributed by atoms with E-state index in [0.717, 1.165) is 42.8 Å². The van der Waals surface area contributed by atoms with Gasteiger partial charge in [-0.3, -0.25) is 9.59 Å². The fourth-order valence-electron chi connectivity index (χ4n) is 3.60. The number of hydrogen-bond acceptors (Lipinski definition) is 6. The molecule has 1 aliphatic heterocycles. The Balaban J connectivity index is 1.96. The van der Waals surface area contributed by atoms with Crippen molar-refractivity contribution in [1.82, 2.24) is 0 Å². The van der Waals surface area contributed by atoms with E-state index in [4.69, 9.17) is 9.47 Å². The Labute approximate surface area is 176 Å². The highest BCUT2D eigenvalue weighted by atomic mass is 32.1. The maximum Gasteiger partial charge on any atom is 0.341 e. The Hall–Kier alpha value is -1.93. The zero-order chi connectivity index (χ0) is 21.4. The number of quaternary nitrogens is 1. The minimum atomic E-state index is -0.387. The van der Waals surface area contributed by atoms with Crippen molar-refractivity contribution in [3.8, 4) is 0 Å². The number of piperidine rings is 1. The lowest BCUT2D eigenvalue weighted by molar-refractivity contribution is -0.897. The van der Waals surface area contributed by atoms with Crippen molar-refractivity contribution < 1.29 is 28.8 Å². The molecule has 1 aromatic heterocycles. The smallest absolute Gasteiger partial charge is 0.341 e. The van der Waals surface area contributed by atoms with E-state index >= 15 is 0 Å². The van der Waals surface area contributed by atoms with E-state index in [1.807, 2.05) is 12.3 Å². The van der Waals surface area contributed by atoms with Crippen LogP contribution >= 0.6 is 11.3 Å². The zero-order valence-electron chi connectivity index (χ0n) is 17.8. The highest BCUT2D eigenvalue weighted by Crippen LogP contribution is 2.30. The van der Waals surface area contributed by atoms with Gasteiger partial charge >= 0.3 is 11.9 Å². The number of likely N-dealkylation sites (tertiary alicyclic amines) is 1. The number of ether oxygens (including phenoxy) is 2. The van der Waals surface area contributed by atoms with Gasteiger partial charge in [-0.15, -0.1) is 11.3 Å². The van der Waals surface area contributed by atoms with Crippen molar-refractivity contribution in [2.24, 2.45) is 11.8 Å². The Kier molecular flexibility index (Phi) is 9.10. The van der Waals surface area contributed by atoms with Crippen molar-refractivity contribution in [3.63, 3.8) is 0 Å². The minimum absolute atomic E-state index is 0.0620. The first-order valence-electron chi connectivity index (χ1n) is 10.4. The van der Waals surface area contributed by atoms with Gasteiger partial charge in [0.2, 0.25) is 0 Å². The summed E-state index contributed by atoms with van der Waals surface area (Å²) < 4.78 is 10.3. The van der Waals surface area contributed by atoms with Crippen molar-refractivity contribution in [2.45, 2.75) is 47.0 Å². The summed E-state index contributed by atoms with van der Waals surface area (Å²) in [7, 11) is 0. The predicted molar refractivity (Wildman–Crippen MR) is 112 cm³/mol. The van der Waals surface area contributed by atoms with Gasteiger partial charge in [0.25, 0.3) is 5.91 Å². The van der Waals surface area contributed by atoms with E-state index in [-0.39, 0.29) is 23.8 Å². The van der Waals surface area contributed by atoms with Gasteiger partial charge in [-0.2, -0.15) is 0 Å². The zero-order valence-corrected chi connectivity index (χ0v) is 18.7. The van der Waals surface area contributed by atoms with E-state index in [9.17, 15) is 14.4 Å². The molecule has 1 aliphatic rings. The van der Waals surface area contributed by atoms with E-state index in [2.05, 4.69) is 19.2 Å². The first kappa shape index (κ1) is 23.3. The molecule has 0 spiro atoms. The molecule has 162 valence electrons. The Bertz CT molecular complexity index is 708. The number of rotatable bonds is 9. The molecule has 2 rings (SSSR count). The standard InChI is InChI=1S/C21H32N2O5S/c1-5-27-20(25)15-7-9-23(10-8-15)12-17(24)22-19-18(21(26)28-6-2)16(13-29-19)11-14(3)4/h13-15H,5-12H2,1-4H3,(H,22,24)/p+1. The minimum Gasteiger partial charge on any atom is -0.466 e. The van der Waals surface area contributed by atoms with Crippen LogP contribution in [0.3, 0.4) is 0 Å². The van der Waals surface area contributed by atoms with Crippen LogP contribution in [0.5, 0.6) is 0 Å². The largest absolute Gasteiger partial charge is 0.466 e. The fraction of sp³-hybridized carbons (Fsp3) is 0.667. The summed E-state index contributed by atoms with van der Waals surface area (Å²) in [5.41, 5.74) is 1.40. The van der Waals surface area contributed by atoms with Crippen LogP contribution in [-0.2, 0) is 25.5 Å². The van der Waals surface area contributed by atoms with Crippen molar-refractivity contribution in [3.05, 3.63) is 16.5 Å². The maximum absolute atomic E-state index is 12.6. The molecule has 8 heteroatoms. The lowest BCUT2D eigenvalue weighted by atomic mass is 9.97. The summed E-state index contributed by atoms with van der Waals surface area (Å²) >= 11 is 1.37. The number of amides is 1. The summed E-state index contributed by atoms with van der Waals surface area (Å²) in [5, 5.41) is 5.40. The van der Waals surface area contributed by atoms with Crippen LogP contribution < -0.4 is 10.2 Å². The third kappa shape index (κ3) is 6.82. The Morgan fingerprint density at radius 1 is 1.17 bits per heavy atom. The summed E-state index contributed by atoms with van der Waals surface area (Å²) in [6, 6.07) is 0. The summed E-state index contributed by atoms with van der Waals surface area (Å²) in [4.78, 5) is 38.0. The molecule has 1 amide bonds. The molecule has 1 aromatic rings. The van der Waals surface area contributed by atoms with Crippen LogP contribution in [-0.4, -0.2) is 50.7 Å². The first-order chi connectivity index (χ1) is 13.8. The summed E-state index contributed by atoms with van der Waals surface area (Å²) in [6.45, 7) is 10.3.